The molecule has 0 aliphatic heterocycles. The Labute approximate surface area is 147 Å². The summed E-state index contributed by atoms with van der Waals surface area (Å²) in [5.74, 6) is 2.84. The quantitative estimate of drug-likeness (QED) is 0.513. The SMILES string of the molecule is CCCC1(C)/C(=C\C=O)CCC2C1CCC1(C)C(C(C)=O)CCC21. The van der Waals surface area contributed by atoms with Crippen molar-refractivity contribution >= 4 is 12.1 Å². The molecule has 3 aliphatic rings. The number of ketones is 1. The first-order valence-corrected chi connectivity index (χ1v) is 10.0. The number of fused-ring (bicyclic) bond motifs is 3. The summed E-state index contributed by atoms with van der Waals surface area (Å²) in [7, 11) is 0. The van der Waals surface area contributed by atoms with Crippen LogP contribution in [0.2, 0.25) is 0 Å². The first-order valence-electron chi connectivity index (χ1n) is 10.0. The minimum absolute atomic E-state index is 0.189. The highest BCUT2D eigenvalue weighted by molar-refractivity contribution is 5.79. The second kappa shape index (κ2) is 6.42. The van der Waals surface area contributed by atoms with Gasteiger partial charge in [0.1, 0.15) is 12.1 Å². The van der Waals surface area contributed by atoms with Gasteiger partial charge in [-0.25, -0.2) is 0 Å². The predicted octanol–water partition coefficient (Wildman–Crippen LogP) is 5.36. The minimum atomic E-state index is 0.189. The lowest BCUT2D eigenvalue weighted by Gasteiger charge is -2.57. The van der Waals surface area contributed by atoms with Crippen LogP contribution in [0.5, 0.6) is 0 Å². The van der Waals surface area contributed by atoms with Crippen LogP contribution >= 0.6 is 0 Å². The number of hydrogen-bond donors (Lipinski definition) is 0. The van der Waals surface area contributed by atoms with Crippen LogP contribution in [0.25, 0.3) is 0 Å². The van der Waals surface area contributed by atoms with Crippen molar-refractivity contribution < 1.29 is 9.59 Å². The van der Waals surface area contributed by atoms with E-state index in [0.717, 1.165) is 25.0 Å². The van der Waals surface area contributed by atoms with Crippen LogP contribution in [-0.4, -0.2) is 12.1 Å². The zero-order valence-electron chi connectivity index (χ0n) is 15.9. The summed E-state index contributed by atoms with van der Waals surface area (Å²) >= 11 is 0. The lowest BCUT2D eigenvalue weighted by Crippen LogP contribution is -2.50. The molecule has 24 heavy (non-hydrogen) atoms. The van der Waals surface area contributed by atoms with Gasteiger partial charge >= 0.3 is 0 Å². The van der Waals surface area contributed by atoms with E-state index >= 15 is 0 Å². The topological polar surface area (TPSA) is 34.1 Å². The molecule has 0 radical (unpaired) electrons. The van der Waals surface area contributed by atoms with Crippen molar-refractivity contribution in [1.82, 2.24) is 0 Å². The van der Waals surface area contributed by atoms with E-state index in [1.807, 2.05) is 6.08 Å². The monoisotopic (exact) mass is 330 g/mol. The van der Waals surface area contributed by atoms with Gasteiger partial charge < -0.3 is 0 Å². The molecular weight excluding hydrogens is 296 g/mol. The maximum absolute atomic E-state index is 12.2. The first kappa shape index (κ1) is 17.9. The molecule has 6 atom stereocenters. The Bertz CT molecular complexity index is 548. The highest BCUT2D eigenvalue weighted by Gasteiger charge is 2.59. The van der Waals surface area contributed by atoms with Crippen LogP contribution in [0, 0.1) is 34.5 Å². The molecular formula is C22H34O2. The Morgan fingerprint density at radius 1 is 1.17 bits per heavy atom. The summed E-state index contributed by atoms with van der Waals surface area (Å²) < 4.78 is 0. The van der Waals surface area contributed by atoms with Gasteiger partial charge in [-0.05, 0) is 86.5 Å². The van der Waals surface area contributed by atoms with Crippen LogP contribution in [0.15, 0.2) is 11.6 Å². The molecule has 0 heterocycles. The molecule has 0 bridgehead atoms. The Morgan fingerprint density at radius 2 is 1.92 bits per heavy atom. The second-order valence-electron chi connectivity index (χ2n) is 9.20. The van der Waals surface area contributed by atoms with E-state index in [9.17, 15) is 9.59 Å². The number of rotatable bonds is 4. The molecule has 134 valence electrons. The van der Waals surface area contributed by atoms with Crippen LogP contribution in [0.4, 0.5) is 0 Å². The average molecular weight is 331 g/mol. The number of carbonyl (C=O) groups excluding carboxylic acids is 2. The molecule has 0 aromatic carbocycles. The molecule has 0 spiro atoms. The number of hydrogen-bond acceptors (Lipinski definition) is 2. The maximum Gasteiger partial charge on any atom is 0.142 e. The maximum atomic E-state index is 12.2. The van der Waals surface area contributed by atoms with Crippen molar-refractivity contribution in [3.63, 3.8) is 0 Å². The van der Waals surface area contributed by atoms with Gasteiger partial charge in [-0.15, -0.1) is 0 Å². The number of carbonyl (C=O) groups is 2. The van der Waals surface area contributed by atoms with Crippen LogP contribution < -0.4 is 0 Å². The van der Waals surface area contributed by atoms with Crippen molar-refractivity contribution in [2.24, 2.45) is 34.5 Å². The summed E-state index contributed by atoms with van der Waals surface area (Å²) in [5, 5.41) is 0. The molecule has 3 rings (SSSR count). The van der Waals surface area contributed by atoms with Gasteiger partial charge in [-0.1, -0.05) is 32.8 Å². The van der Waals surface area contributed by atoms with Gasteiger partial charge in [0.05, 0.1) is 0 Å². The van der Waals surface area contributed by atoms with Gasteiger partial charge in [0.25, 0.3) is 0 Å². The third kappa shape index (κ3) is 2.52. The fraction of sp³-hybridized carbons (Fsp3) is 0.818. The van der Waals surface area contributed by atoms with Crippen molar-refractivity contribution in [2.75, 3.05) is 0 Å². The van der Waals surface area contributed by atoms with Gasteiger partial charge in [-0.2, -0.15) is 0 Å². The van der Waals surface area contributed by atoms with Crippen molar-refractivity contribution in [3.8, 4) is 0 Å². The predicted molar refractivity (Wildman–Crippen MR) is 97.6 cm³/mol. The first-order chi connectivity index (χ1) is 11.4. The van der Waals surface area contributed by atoms with Crippen LogP contribution in [0.1, 0.15) is 79.1 Å². The highest BCUT2D eigenvalue weighted by atomic mass is 16.1. The standard InChI is InChI=1S/C22H34O2/c1-5-12-21(3)16(11-14-23)6-7-17-19-9-8-18(15(2)24)22(19,4)13-10-20(17)21/h11,14,17-20H,5-10,12-13H2,1-4H3/b16-11-. The summed E-state index contributed by atoms with van der Waals surface area (Å²) in [6.45, 7) is 8.89. The fourth-order valence-electron chi connectivity index (χ4n) is 7.22. The van der Waals surface area contributed by atoms with E-state index in [0.29, 0.717) is 17.6 Å². The molecule has 3 fully saturated rings. The van der Waals surface area contributed by atoms with Gasteiger partial charge in [0.2, 0.25) is 0 Å². The van der Waals surface area contributed by atoms with Crippen molar-refractivity contribution in [1.29, 1.82) is 0 Å². The van der Waals surface area contributed by atoms with Gasteiger partial charge in [0.15, 0.2) is 0 Å². The summed E-state index contributed by atoms with van der Waals surface area (Å²) in [6.07, 6.45) is 12.3. The van der Waals surface area contributed by atoms with E-state index in [-0.39, 0.29) is 16.7 Å². The summed E-state index contributed by atoms with van der Waals surface area (Å²) in [4.78, 5) is 23.3. The minimum Gasteiger partial charge on any atom is -0.300 e. The third-order valence-electron chi connectivity index (χ3n) is 8.27. The Kier molecular flexibility index (Phi) is 4.79. The molecule has 2 heteroatoms. The smallest absolute Gasteiger partial charge is 0.142 e. The molecule has 3 aliphatic carbocycles. The van der Waals surface area contributed by atoms with E-state index in [1.165, 1.54) is 44.1 Å². The normalized spacial score (nSPS) is 46.4. The molecule has 0 amide bonds. The molecule has 0 saturated heterocycles. The van der Waals surface area contributed by atoms with E-state index in [4.69, 9.17) is 0 Å². The zero-order valence-corrected chi connectivity index (χ0v) is 15.9. The molecule has 0 aromatic rings. The van der Waals surface area contributed by atoms with Crippen LogP contribution in [0.3, 0.4) is 0 Å². The zero-order chi connectivity index (χ0) is 17.5. The van der Waals surface area contributed by atoms with E-state index in [1.54, 1.807) is 6.92 Å². The average Bonchev–Trinajstić information content (AvgIpc) is 2.88. The largest absolute Gasteiger partial charge is 0.300 e. The number of aldehydes is 1. The Morgan fingerprint density at radius 3 is 2.54 bits per heavy atom. The fourth-order valence-corrected chi connectivity index (χ4v) is 7.22. The van der Waals surface area contributed by atoms with E-state index < -0.39 is 0 Å². The second-order valence-corrected chi connectivity index (χ2v) is 9.20. The van der Waals surface area contributed by atoms with Crippen molar-refractivity contribution in [2.45, 2.75) is 79.1 Å². The third-order valence-corrected chi connectivity index (χ3v) is 8.27. The van der Waals surface area contributed by atoms with E-state index in [2.05, 4.69) is 20.8 Å². The lowest BCUT2D eigenvalue weighted by molar-refractivity contribution is -0.127. The van der Waals surface area contributed by atoms with Gasteiger partial charge in [0, 0.05) is 5.92 Å². The molecule has 6 unspecified atom stereocenters. The van der Waals surface area contributed by atoms with Gasteiger partial charge in [-0.3, -0.25) is 9.59 Å². The molecule has 0 aromatic heterocycles. The summed E-state index contributed by atoms with van der Waals surface area (Å²) in [6, 6.07) is 0. The number of Topliss-reactive ketones (excluding diaryl/α,β-unsaturated/α-hetero) is 1. The Balaban J connectivity index is 1.93. The Hall–Kier alpha value is -0.920. The summed E-state index contributed by atoms with van der Waals surface area (Å²) in [5.41, 5.74) is 1.81. The highest BCUT2D eigenvalue weighted by Crippen LogP contribution is 2.66. The lowest BCUT2D eigenvalue weighted by atomic mass is 9.47. The molecule has 2 nitrogen and oxygen atoms in total. The molecule has 0 N–H and O–H groups in total. The van der Waals surface area contributed by atoms with Crippen LogP contribution in [-0.2, 0) is 9.59 Å². The number of allylic oxidation sites excluding steroid dienone is 2. The molecule has 3 saturated carbocycles. The van der Waals surface area contributed by atoms with Crippen molar-refractivity contribution in [3.05, 3.63) is 11.6 Å².